The molecule has 3 rings (SSSR count). The monoisotopic (exact) mass is 302 g/mol. The van der Waals surface area contributed by atoms with Crippen LogP contribution in [0.5, 0.6) is 0 Å². The van der Waals surface area contributed by atoms with Gasteiger partial charge in [0.2, 0.25) is 5.91 Å². The zero-order valence-corrected chi connectivity index (χ0v) is 12.7. The van der Waals surface area contributed by atoms with Gasteiger partial charge in [0.15, 0.2) is 0 Å². The highest BCUT2D eigenvalue weighted by molar-refractivity contribution is 5.85. The molecule has 0 saturated carbocycles. The van der Waals surface area contributed by atoms with Crippen molar-refractivity contribution in [1.29, 1.82) is 0 Å². The maximum atomic E-state index is 12.7. The molecule has 3 fully saturated rings. The van der Waals surface area contributed by atoms with Crippen molar-refractivity contribution in [3.8, 4) is 0 Å². The molecule has 3 saturated heterocycles. The summed E-state index contributed by atoms with van der Waals surface area (Å²) in [6, 6.07) is 0.174. The molecule has 20 heavy (non-hydrogen) atoms. The number of hydrogen-bond acceptors (Lipinski definition) is 3. The number of fused-ring (bicyclic) bond motifs is 1. The van der Waals surface area contributed by atoms with Crippen LogP contribution < -0.4 is 10.6 Å². The Bertz CT molecular complexity index is 398. The van der Waals surface area contributed by atoms with Gasteiger partial charge in [0.25, 0.3) is 0 Å². The molecule has 6 nitrogen and oxygen atoms in total. The lowest BCUT2D eigenvalue weighted by Crippen LogP contribution is -2.58. The Labute approximate surface area is 125 Å². The van der Waals surface area contributed by atoms with Gasteiger partial charge >= 0.3 is 6.03 Å². The second-order valence-electron chi connectivity index (χ2n) is 6.13. The number of amides is 3. The first kappa shape index (κ1) is 15.4. The Morgan fingerprint density at radius 3 is 2.90 bits per heavy atom. The third kappa shape index (κ3) is 2.59. The molecule has 0 spiro atoms. The van der Waals surface area contributed by atoms with Crippen LogP contribution in [0.2, 0.25) is 0 Å². The topological polar surface area (TPSA) is 64.7 Å². The Morgan fingerprint density at radius 1 is 1.40 bits per heavy atom. The average molecular weight is 303 g/mol. The van der Waals surface area contributed by atoms with Crippen LogP contribution in [0, 0.1) is 5.41 Å². The molecular weight excluding hydrogens is 280 g/mol. The third-order valence-electron chi connectivity index (χ3n) is 4.63. The second kappa shape index (κ2) is 5.77. The summed E-state index contributed by atoms with van der Waals surface area (Å²) >= 11 is 0. The number of hydrogen-bond donors (Lipinski definition) is 2. The summed E-state index contributed by atoms with van der Waals surface area (Å²) in [5, 5.41) is 6.17. The highest BCUT2D eigenvalue weighted by Crippen LogP contribution is 2.29. The largest absolute Gasteiger partial charge is 0.338 e. The predicted octanol–water partition coefficient (Wildman–Crippen LogP) is 0.0339. The van der Waals surface area contributed by atoms with E-state index in [0.717, 1.165) is 25.9 Å². The fourth-order valence-electron chi connectivity index (χ4n) is 3.41. The van der Waals surface area contributed by atoms with E-state index in [1.54, 1.807) is 0 Å². The van der Waals surface area contributed by atoms with Crippen LogP contribution in [0.3, 0.4) is 0 Å². The van der Waals surface area contributed by atoms with Gasteiger partial charge in [-0.1, -0.05) is 0 Å². The summed E-state index contributed by atoms with van der Waals surface area (Å²) in [6.07, 6.45) is 2.02. The molecular formula is C13H23ClN4O2. The van der Waals surface area contributed by atoms with E-state index < -0.39 is 0 Å². The van der Waals surface area contributed by atoms with Crippen molar-refractivity contribution >= 4 is 24.3 Å². The summed E-state index contributed by atoms with van der Waals surface area (Å²) in [5.41, 5.74) is -0.267. The smallest absolute Gasteiger partial charge is 0.317 e. The van der Waals surface area contributed by atoms with Gasteiger partial charge in [-0.3, -0.25) is 4.79 Å². The number of piperidine rings is 1. The van der Waals surface area contributed by atoms with Crippen LogP contribution in [-0.2, 0) is 4.79 Å². The van der Waals surface area contributed by atoms with Gasteiger partial charge in [0.05, 0.1) is 11.5 Å². The standard InChI is InChI=1S/C13H22N4O2.ClH/c1-13(3-2-4-14-9-13)11(18)16-5-6-17-10(8-16)7-15-12(17)19;/h10,14H,2-9H2,1H3,(H,15,19);1H. The van der Waals surface area contributed by atoms with E-state index in [1.807, 2.05) is 9.80 Å². The Morgan fingerprint density at radius 2 is 2.20 bits per heavy atom. The zero-order valence-electron chi connectivity index (χ0n) is 11.9. The van der Waals surface area contributed by atoms with Gasteiger partial charge in [0, 0.05) is 32.7 Å². The molecule has 2 unspecified atom stereocenters. The summed E-state index contributed by atoms with van der Waals surface area (Å²) in [6.45, 7) is 6.51. The van der Waals surface area contributed by atoms with Crippen LogP contribution in [-0.4, -0.2) is 67.0 Å². The maximum absolute atomic E-state index is 12.7. The number of nitrogens with one attached hydrogen (secondary N) is 2. The molecule has 0 aromatic rings. The van der Waals surface area contributed by atoms with Crippen molar-refractivity contribution in [2.75, 3.05) is 39.3 Å². The molecule has 3 aliphatic rings. The molecule has 2 N–H and O–H groups in total. The van der Waals surface area contributed by atoms with E-state index >= 15 is 0 Å². The van der Waals surface area contributed by atoms with Gasteiger partial charge < -0.3 is 20.4 Å². The molecule has 0 aromatic carbocycles. The third-order valence-corrected chi connectivity index (χ3v) is 4.63. The van der Waals surface area contributed by atoms with Crippen LogP contribution >= 0.6 is 12.4 Å². The molecule has 2 atom stereocenters. The molecule has 0 aliphatic carbocycles. The molecule has 7 heteroatoms. The van der Waals surface area contributed by atoms with E-state index in [4.69, 9.17) is 0 Å². The second-order valence-corrected chi connectivity index (χ2v) is 6.13. The summed E-state index contributed by atoms with van der Waals surface area (Å²) in [4.78, 5) is 28.1. The number of carbonyl (C=O) groups is 2. The van der Waals surface area contributed by atoms with Gasteiger partial charge in [-0.25, -0.2) is 4.79 Å². The first-order valence-electron chi connectivity index (χ1n) is 7.15. The summed E-state index contributed by atoms with van der Waals surface area (Å²) in [5.74, 6) is 0.249. The molecule has 3 aliphatic heterocycles. The van der Waals surface area contributed by atoms with E-state index in [0.29, 0.717) is 26.2 Å². The number of nitrogens with zero attached hydrogens (tertiary/aromatic N) is 2. The van der Waals surface area contributed by atoms with E-state index in [1.165, 1.54) is 0 Å². The molecule has 0 radical (unpaired) electrons. The summed E-state index contributed by atoms with van der Waals surface area (Å²) < 4.78 is 0. The van der Waals surface area contributed by atoms with Crippen LogP contribution in [0.25, 0.3) is 0 Å². The lowest BCUT2D eigenvalue weighted by molar-refractivity contribution is -0.144. The normalized spacial score (nSPS) is 33.2. The highest BCUT2D eigenvalue weighted by atomic mass is 35.5. The zero-order chi connectivity index (χ0) is 13.5. The van der Waals surface area contributed by atoms with Gasteiger partial charge in [0.1, 0.15) is 0 Å². The van der Waals surface area contributed by atoms with Crippen LogP contribution in [0.1, 0.15) is 19.8 Å². The number of rotatable bonds is 1. The first-order valence-corrected chi connectivity index (χ1v) is 7.15. The van der Waals surface area contributed by atoms with E-state index in [2.05, 4.69) is 17.6 Å². The lowest BCUT2D eigenvalue weighted by atomic mass is 9.81. The molecule has 114 valence electrons. The Balaban J connectivity index is 0.00000147. The predicted molar refractivity (Wildman–Crippen MR) is 77.9 cm³/mol. The van der Waals surface area contributed by atoms with Crippen LogP contribution in [0.15, 0.2) is 0 Å². The minimum absolute atomic E-state index is 0. The van der Waals surface area contributed by atoms with Crippen molar-refractivity contribution in [2.24, 2.45) is 5.41 Å². The minimum Gasteiger partial charge on any atom is -0.338 e. The van der Waals surface area contributed by atoms with Gasteiger partial charge in [-0.2, -0.15) is 0 Å². The van der Waals surface area contributed by atoms with Gasteiger partial charge in [-0.15, -0.1) is 12.4 Å². The van der Waals surface area contributed by atoms with Gasteiger partial charge in [-0.05, 0) is 26.3 Å². The SMILES string of the molecule is CC1(C(=O)N2CCN3C(=O)NCC3C2)CCCNC1.Cl. The van der Waals surface area contributed by atoms with Crippen molar-refractivity contribution in [1.82, 2.24) is 20.4 Å². The summed E-state index contributed by atoms with van der Waals surface area (Å²) in [7, 11) is 0. The Hall–Kier alpha value is -1.01. The Kier molecular flexibility index (Phi) is 4.44. The van der Waals surface area contributed by atoms with Crippen LogP contribution in [0.4, 0.5) is 4.79 Å². The van der Waals surface area contributed by atoms with E-state index in [-0.39, 0.29) is 35.8 Å². The van der Waals surface area contributed by atoms with Crippen molar-refractivity contribution in [3.63, 3.8) is 0 Å². The van der Waals surface area contributed by atoms with Crippen molar-refractivity contribution < 1.29 is 9.59 Å². The number of halogens is 1. The molecule has 3 heterocycles. The number of carbonyl (C=O) groups excluding carboxylic acids is 2. The molecule has 3 amide bonds. The molecule has 0 aromatic heterocycles. The lowest BCUT2D eigenvalue weighted by Gasteiger charge is -2.42. The highest BCUT2D eigenvalue weighted by Gasteiger charge is 2.42. The maximum Gasteiger partial charge on any atom is 0.317 e. The first-order chi connectivity index (χ1) is 9.10. The minimum atomic E-state index is -0.267. The van der Waals surface area contributed by atoms with E-state index in [9.17, 15) is 9.59 Å². The fourth-order valence-corrected chi connectivity index (χ4v) is 3.41. The van der Waals surface area contributed by atoms with Crippen molar-refractivity contribution in [2.45, 2.75) is 25.8 Å². The fraction of sp³-hybridized carbons (Fsp3) is 0.846. The number of urea groups is 1. The quantitative estimate of drug-likeness (QED) is 0.718. The average Bonchev–Trinajstić information content (AvgIpc) is 2.80. The van der Waals surface area contributed by atoms with Crippen molar-refractivity contribution in [3.05, 3.63) is 0 Å². The molecule has 0 bridgehead atoms. The number of piperazine rings is 1.